The molecule has 0 aliphatic heterocycles. The number of rotatable bonds is 12. The van der Waals surface area contributed by atoms with E-state index in [9.17, 15) is 31.9 Å². The zero-order valence-corrected chi connectivity index (χ0v) is 23.2. The van der Waals surface area contributed by atoms with E-state index in [1.807, 2.05) is 44.9 Å². The van der Waals surface area contributed by atoms with Crippen molar-refractivity contribution in [2.45, 2.75) is 58.5 Å². The van der Waals surface area contributed by atoms with Crippen molar-refractivity contribution >= 4 is 11.7 Å². The number of benzene rings is 3. The first-order valence-electron chi connectivity index (χ1n) is 13.4. The normalized spacial score (nSPS) is 13.3. The van der Waals surface area contributed by atoms with Crippen molar-refractivity contribution in [2.75, 3.05) is 18.5 Å². The predicted molar refractivity (Wildman–Crippen MR) is 148 cm³/mol. The summed E-state index contributed by atoms with van der Waals surface area (Å²) in [5.41, 5.74) is 2.43. The molecule has 0 aliphatic carbocycles. The second-order valence-corrected chi connectivity index (χ2v) is 11.1. The standard InChI is InChI=1S/C32H36F5NO2/c1-20(2)12-30(31(39)40)25-16-24(23-7-9-26(10-8-23)32(35,36)37)17-29(18-25)38(4)11-5-6-21(3)13-22-14-27(33)19-28(34)15-22/h7-10,14-21,30H,5-6,11-13H2,1-4H3,(H,39,40). The number of anilines is 1. The smallest absolute Gasteiger partial charge is 0.416 e. The van der Waals surface area contributed by atoms with Gasteiger partial charge in [0, 0.05) is 25.3 Å². The number of carbonyl (C=O) groups is 1. The van der Waals surface area contributed by atoms with Crippen molar-refractivity contribution in [1.82, 2.24) is 0 Å². The average Bonchev–Trinajstić information content (AvgIpc) is 2.85. The Balaban J connectivity index is 1.82. The number of hydrogen-bond donors (Lipinski definition) is 1. The van der Waals surface area contributed by atoms with Gasteiger partial charge in [-0.15, -0.1) is 0 Å². The molecule has 3 aromatic carbocycles. The van der Waals surface area contributed by atoms with Crippen LogP contribution in [0.4, 0.5) is 27.6 Å². The lowest BCUT2D eigenvalue weighted by Crippen LogP contribution is -2.20. The van der Waals surface area contributed by atoms with E-state index in [0.717, 1.165) is 36.7 Å². The predicted octanol–water partition coefficient (Wildman–Crippen LogP) is 8.96. The Morgan fingerprint density at radius 1 is 0.900 bits per heavy atom. The van der Waals surface area contributed by atoms with Gasteiger partial charge in [0.2, 0.25) is 0 Å². The van der Waals surface area contributed by atoms with Gasteiger partial charge in [0.1, 0.15) is 11.6 Å². The Kier molecular flexibility index (Phi) is 10.3. The van der Waals surface area contributed by atoms with Crippen LogP contribution in [0.3, 0.4) is 0 Å². The summed E-state index contributed by atoms with van der Waals surface area (Å²) in [7, 11) is 1.89. The van der Waals surface area contributed by atoms with Gasteiger partial charge in [0.15, 0.2) is 0 Å². The number of carboxylic acids is 1. The second-order valence-electron chi connectivity index (χ2n) is 11.1. The third-order valence-corrected chi connectivity index (χ3v) is 7.03. The maximum absolute atomic E-state index is 13.5. The van der Waals surface area contributed by atoms with Crippen molar-refractivity contribution in [3.63, 3.8) is 0 Å². The molecule has 0 aliphatic rings. The van der Waals surface area contributed by atoms with E-state index in [-0.39, 0.29) is 11.8 Å². The Morgan fingerprint density at radius 2 is 1.52 bits per heavy atom. The van der Waals surface area contributed by atoms with Gasteiger partial charge in [-0.05, 0) is 96.2 Å². The monoisotopic (exact) mass is 561 g/mol. The number of aliphatic carboxylic acids is 1. The molecule has 3 rings (SSSR count). The van der Waals surface area contributed by atoms with Crippen molar-refractivity contribution in [2.24, 2.45) is 11.8 Å². The van der Waals surface area contributed by atoms with Crippen LogP contribution < -0.4 is 4.90 Å². The Hall–Kier alpha value is -3.42. The lowest BCUT2D eigenvalue weighted by molar-refractivity contribution is -0.139. The summed E-state index contributed by atoms with van der Waals surface area (Å²) in [5.74, 6) is -2.58. The van der Waals surface area contributed by atoms with Crippen molar-refractivity contribution in [3.8, 4) is 11.1 Å². The molecule has 216 valence electrons. The minimum atomic E-state index is -4.45. The molecule has 2 atom stereocenters. The SMILES string of the molecule is CC(C)CC(C(=O)O)c1cc(-c2ccc(C(F)(F)F)cc2)cc(N(C)CCCC(C)Cc2cc(F)cc(F)c2)c1. The summed E-state index contributed by atoms with van der Waals surface area (Å²) < 4.78 is 66.4. The number of hydrogen-bond acceptors (Lipinski definition) is 2. The van der Waals surface area contributed by atoms with Crippen LogP contribution in [-0.4, -0.2) is 24.7 Å². The molecule has 0 bridgehead atoms. The highest BCUT2D eigenvalue weighted by atomic mass is 19.4. The molecular formula is C32H36F5NO2. The highest BCUT2D eigenvalue weighted by molar-refractivity contribution is 5.79. The molecule has 8 heteroatoms. The molecule has 40 heavy (non-hydrogen) atoms. The summed E-state index contributed by atoms with van der Waals surface area (Å²) in [6.45, 7) is 6.55. The summed E-state index contributed by atoms with van der Waals surface area (Å²) in [6, 6.07) is 13.9. The molecule has 3 aromatic rings. The van der Waals surface area contributed by atoms with Crippen molar-refractivity contribution in [3.05, 3.63) is 89.0 Å². The first-order valence-corrected chi connectivity index (χ1v) is 13.4. The summed E-state index contributed by atoms with van der Waals surface area (Å²) >= 11 is 0. The molecule has 1 N–H and O–H groups in total. The van der Waals surface area contributed by atoms with Crippen LogP contribution in [0.1, 0.15) is 62.6 Å². The van der Waals surface area contributed by atoms with Gasteiger partial charge in [0.25, 0.3) is 0 Å². The van der Waals surface area contributed by atoms with Crippen LogP contribution in [-0.2, 0) is 17.4 Å². The fourth-order valence-electron chi connectivity index (χ4n) is 4.96. The molecule has 0 fully saturated rings. The van der Waals surface area contributed by atoms with E-state index < -0.39 is 35.3 Å². The Morgan fingerprint density at radius 3 is 2.08 bits per heavy atom. The largest absolute Gasteiger partial charge is 0.481 e. The number of carboxylic acid groups (broad SMARTS) is 1. The molecular weight excluding hydrogens is 525 g/mol. The quantitative estimate of drug-likeness (QED) is 0.224. The molecule has 0 saturated heterocycles. The van der Waals surface area contributed by atoms with Crippen LogP contribution in [0, 0.1) is 23.5 Å². The van der Waals surface area contributed by atoms with Crippen LogP contribution in [0.25, 0.3) is 11.1 Å². The van der Waals surface area contributed by atoms with E-state index in [0.29, 0.717) is 41.6 Å². The van der Waals surface area contributed by atoms with Gasteiger partial charge in [-0.3, -0.25) is 4.79 Å². The molecule has 3 nitrogen and oxygen atoms in total. The third kappa shape index (κ3) is 8.80. The van der Waals surface area contributed by atoms with E-state index in [4.69, 9.17) is 0 Å². The summed E-state index contributed by atoms with van der Waals surface area (Å²) in [5, 5.41) is 9.96. The fourth-order valence-corrected chi connectivity index (χ4v) is 4.96. The Labute approximate surface area is 232 Å². The van der Waals surface area contributed by atoms with Crippen molar-refractivity contribution < 1.29 is 31.9 Å². The lowest BCUT2D eigenvalue weighted by Gasteiger charge is -2.24. The van der Waals surface area contributed by atoms with Gasteiger partial charge < -0.3 is 10.0 Å². The van der Waals surface area contributed by atoms with Crippen LogP contribution in [0.2, 0.25) is 0 Å². The van der Waals surface area contributed by atoms with Crippen LogP contribution in [0.15, 0.2) is 60.7 Å². The third-order valence-electron chi connectivity index (χ3n) is 7.03. The first-order chi connectivity index (χ1) is 18.7. The lowest BCUT2D eigenvalue weighted by atomic mass is 9.88. The molecule has 0 saturated carbocycles. The van der Waals surface area contributed by atoms with Gasteiger partial charge in [-0.1, -0.05) is 39.0 Å². The fraction of sp³-hybridized carbons (Fsp3) is 0.406. The first kappa shape index (κ1) is 31.1. The van der Waals surface area contributed by atoms with E-state index in [2.05, 4.69) is 0 Å². The Bertz CT molecular complexity index is 1270. The zero-order chi connectivity index (χ0) is 29.6. The maximum atomic E-state index is 13.5. The minimum absolute atomic E-state index is 0.130. The molecule has 0 heterocycles. The minimum Gasteiger partial charge on any atom is -0.481 e. The van der Waals surface area contributed by atoms with Crippen LogP contribution >= 0.6 is 0 Å². The van der Waals surface area contributed by atoms with Gasteiger partial charge >= 0.3 is 12.1 Å². The van der Waals surface area contributed by atoms with Gasteiger partial charge in [-0.2, -0.15) is 13.2 Å². The number of nitrogens with zero attached hydrogens (tertiary/aromatic N) is 1. The molecule has 0 amide bonds. The number of halogens is 5. The van der Waals surface area contributed by atoms with Gasteiger partial charge in [0.05, 0.1) is 11.5 Å². The van der Waals surface area contributed by atoms with E-state index >= 15 is 0 Å². The molecule has 2 unspecified atom stereocenters. The maximum Gasteiger partial charge on any atom is 0.416 e. The van der Waals surface area contributed by atoms with Crippen molar-refractivity contribution in [1.29, 1.82) is 0 Å². The summed E-state index contributed by atoms with van der Waals surface area (Å²) in [4.78, 5) is 14.2. The average molecular weight is 562 g/mol. The molecule has 0 aromatic heterocycles. The van der Waals surface area contributed by atoms with Crippen LogP contribution in [0.5, 0.6) is 0 Å². The van der Waals surface area contributed by atoms with E-state index in [1.165, 1.54) is 24.3 Å². The highest BCUT2D eigenvalue weighted by Gasteiger charge is 2.30. The second kappa shape index (κ2) is 13.3. The topological polar surface area (TPSA) is 40.5 Å². The van der Waals surface area contributed by atoms with Gasteiger partial charge in [-0.25, -0.2) is 8.78 Å². The molecule has 0 spiro atoms. The van der Waals surface area contributed by atoms with E-state index in [1.54, 1.807) is 6.07 Å². The summed E-state index contributed by atoms with van der Waals surface area (Å²) in [6.07, 6.45) is -1.89. The number of alkyl halides is 3. The zero-order valence-electron chi connectivity index (χ0n) is 23.2. The highest BCUT2D eigenvalue weighted by Crippen LogP contribution is 2.35. The molecule has 0 radical (unpaired) electrons.